The first-order valence-corrected chi connectivity index (χ1v) is 9.10. The molecule has 0 atom stereocenters. The average Bonchev–Trinajstić information content (AvgIpc) is 3.14. The Labute approximate surface area is 150 Å². The van der Waals surface area contributed by atoms with E-state index in [1.165, 1.54) is 6.07 Å². The maximum Gasteiger partial charge on any atom is 0.271 e. The van der Waals surface area contributed by atoms with Gasteiger partial charge in [0.25, 0.3) is 5.91 Å². The van der Waals surface area contributed by atoms with Crippen LogP contribution in [0.2, 0.25) is 0 Å². The lowest BCUT2D eigenvalue weighted by molar-refractivity contribution is 0.0951. The molecule has 0 aliphatic rings. The second kappa shape index (κ2) is 8.48. The van der Waals surface area contributed by atoms with Crippen molar-refractivity contribution in [2.75, 3.05) is 12.3 Å². The van der Waals surface area contributed by atoms with Crippen LogP contribution in [0, 0.1) is 5.82 Å². The SMILES string of the molecule is O=C(NCCSCc1ccccc1F)c1ccn(-c2ccccc2)n1. The maximum absolute atomic E-state index is 13.5. The third-order valence-corrected chi connectivity index (χ3v) is 4.60. The predicted molar refractivity (Wildman–Crippen MR) is 98.5 cm³/mol. The van der Waals surface area contributed by atoms with Gasteiger partial charge in [0.1, 0.15) is 5.82 Å². The number of hydrogen-bond acceptors (Lipinski definition) is 3. The van der Waals surface area contributed by atoms with E-state index in [1.54, 1.807) is 40.8 Å². The van der Waals surface area contributed by atoms with Gasteiger partial charge in [-0.05, 0) is 29.8 Å². The van der Waals surface area contributed by atoms with Crippen molar-refractivity contribution >= 4 is 17.7 Å². The molecule has 0 saturated heterocycles. The van der Waals surface area contributed by atoms with E-state index >= 15 is 0 Å². The number of nitrogens with one attached hydrogen (secondary N) is 1. The van der Waals surface area contributed by atoms with E-state index in [2.05, 4.69) is 10.4 Å². The first-order valence-electron chi connectivity index (χ1n) is 7.94. The molecule has 25 heavy (non-hydrogen) atoms. The summed E-state index contributed by atoms with van der Waals surface area (Å²) in [4.78, 5) is 12.1. The number of halogens is 1. The van der Waals surface area contributed by atoms with Crippen LogP contribution >= 0.6 is 11.8 Å². The predicted octanol–water partition coefficient (Wildman–Crippen LogP) is 3.67. The van der Waals surface area contributed by atoms with E-state index in [0.717, 1.165) is 5.69 Å². The Morgan fingerprint density at radius 1 is 1.08 bits per heavy atom. The standard InChI is InChI=1S/C19H18FN3OS/c20-17-9-5-4-6-15(17)14-25-13-11-21-19(24)18-10-12-23(22-18)16-7-2-1-3-8-16/h1-10,12H,11,13-14H2,(H,21,24). The molecule has 128 valence electrons. The van der Waals surface area contributed by atoms with Crippen molar-refractivity contribution in [3.63, 3.8) is 0 Å². The third kappa shape index (κ3) is 4.70. The number of amides is 1. The van der Waals surface area contributed by atoms with Gasteiger partial charge in [0, 0.05) is 24.2 Å². The van der Waals surface area contributed by atoms with Crippen LogP contribution in [-0.2, 0) is 5.75 Å². The molecule has 0 fully saturated rings. The largest absolute Gasteiger partial charge is 0.350 e. The average molecular weight is 355 g/mol. The zero-order valence-corrected chi connectivity index (χ0v) is 14.4. The van der Waals surface area contributed by atoms with Crippen LogP contribution in [0.4, 0.5) is 4.39 Å². The number of benzene rings is 2. The van der Waals surface area contributed by atoms with Gasteiger partial charge in [0.2, 0.25) is 0 Å². The fourth-order valence-corrected chi connectivity index (χ4v) is 3.14. The van der Waals surface area contributed by atoms with Crippen LogP contribution in [-0.4, -0.2) is 28.0 Å². The molecule has 1 aromatic heterocycles. The Morgan fingerprint density at radius 3 is 2.64 bits per heavy atom. The van der Waals surface area contributed by atoms with Gasteiger partial charge in [0.05, 0.1) is 5.69 Å². The molecule has 6 heteroatoms. The molecule has 3 aromatic rings. The summed E-state index contributed by atoms with van der Waals surface area (Å²) in [5.41, 5.74) is 1.96. The van der Waals surface area contributed by atoms with Crippen LogP contribution in [0.25, 0.3) is 5.69 Å². The topological polar surface area (TPSA) is 46.9 Å². The molecule has 0 aliphatic heterocycles. The van der Waals surface area contributed by atoms with E-state index in [-0.39, 0.29) is 11.7 Å². The molecule has 0 bridgehead atoms. The number of carbonyl (C=O) groups is 1. The van der Waals surface area contributed by atoms with Crippen molar-refractivity contribution in [2.45, 2.75) is 5.75 Å². The lowest BCUT2D eigenvalue weighted by atomic mass is 10.2. The number of hydrogen-bond donors (Lipinski definition) is 1. The van der Waals surface area contributed by atoms with Crippen LogP contribution in [0.5, 0.6) is 0 Å². The third-order valence-electron chi connectivity index (χ3n) is 3.59. The molecule has 2 aromatic carbocycles. The smallest absolute Gasteiger partial charge is 0.271 e. The van der Waals surface area contributed by atoms with Gasteiger partial charge in [-0.1, -0.05) is 36.4 Å². The van der Waals surface area contributed by atoms with Crippen molar-refractivity contribution in [3.8, 4) is 5.69 Å². The highest BCUT2D eigenvalue weighted by Crippen LogP contribution is 2.14. The Hall–Kier alpha value is -2.60. The number of para-hydroxylation sites is 1. The van der Waals surface area contributed by atoms with Gasteiger partial charge >= 0.3 is 0 Å². The van der Waals surface area contributed by atoms with E-state index in [1.807, 2.05) is 36.4 Å². The first kappa shape index (κ1) is 17.2. The second-order valence-corrected chi connectivity index (χ2v) is 6.49. The van der Waals surface area contributed by atoms with Crippen LogP contribution in [0.1, 0.15) is 16.1 Å². The van der Waals surface area contributed by atoms with Gasteiger partial charge in [0.15, 0.2) is 5.69 Å². The molecule has 0 spiro atoms. The van der Waals surface area contributed by atoms with Gasteiger partial charge in [-0.2, -0.15) is 16.9 Å². The van der Waals surface area contributed by atoms with Crippen molar-refractivity contribution in [1.29, 1.82) is 0 Å². The summed E-state index contributed by atoms with van der Waals surface area (Å²) in [6.45, 7) is 0.510. The molecule has 4 nitrogen and oxygen atoms in total. The normalized spacial score (nSPS) is 10.6. The minimum atomic E-state index is -0.207. The Morgan fingerprint density at radius 2 is 1.84 bits per heavy atom. The molecular weight excluding hydrogens is 337 g/mol. The van der Waals surface area contributed by atoms with E-state index < -0.39 is 0 Å². The van der Waals surface area contributed by atoms with E-state index in [0.29, 0.717) is 29.3 Å². The van der Waals surface area contributed by atoms with Crippen LogP contribution in [0.3, 0.4) is 0 Å². The highest BCUT2D eigenvalue weighted by Gasteiger charge is 2.09. The number of nitrogens with zero attached hydrogens (tertiary/aromatic N) is 2. The molecule has 3 rings (SSSR count). The summed E-state index contributed by atoms with van der Waals surface area (Å²) in [5, 5.41) is 7.12. The Bertz CT molecular complexity index is 835. The number of thioether (sulfide) groups is 1. The number of aromatic nitrogens is 2. The van der Waals surface area contributed by atoms with Crippen molar-refractivity contribution in [2.24, 2.45) is 0 Å². The molecular formula is C19H18FN3OS. The molecule has 0 radical (unpaired) electrons. The lowest BCUT2D eigenvalue weighted by Gasteiger charge is -2.05. The second-order valence-electron chi connectivity index (χ2n) is 5.38. The summed E-state index contributed by atoms with van der Waals surface area (Å²) >= 11 is 1.58. The fraction of sp³-hybridized carbons (Fsp3) is 0.158. The molecule has 1 N–H and O–H groups in total. The van der Waals surface area contributed by atoms with E-state index in [9.17, 15) is 9.18 Å². The van der Waals surface area contributed by atoms with Crippen LogP contribution in [0.15, 0.2) is 66.9 Å². The maximum atomic E-state index is 13.5. The first-order chi connectivity index (χ1) is 12.2. The summed E-state index contributed by atoms with van der Waals surface area (Å²) in [5.74, 6) is 0.900. The highest BCUT2D eigenvalue weighted by atomic mass is 32.2. The lowest BCUT2D eigenvalue weighted by Crippen LogP contribution is -2.26. The Balaban J connectivity index is 1.44. The van der Waals surface area contributed by atoms with Gasteiger partial charge in [-0.15, -0.1) is 0 Å². The van der Waals surface area contributed by atoms with E-state index in [4.69, 9.17) is 0 Å². The summed E-state index contributed by atoms with van der Waals surface area (Å²) in [6.07, 6.45) is 1.76. The Kier molecular flexibility index (Phi) is 5.85. The quantitative estimate of drug-likeness (QED) is 0.658. The number of rotatable bonds is 7. The zero-order valence-electron chi connectivity index (χ0n) is 13.6. The van der Waals surface area contributed by atoms with Gasteiger partial charge in [-0.3, -0.25) is 4.79 Å². The zero-order chi connectivity index (χ0) is 17.5. The minimum Gasteiger partial charge on any atom is -0.350 e. The number of carbonyl (C=O) groups excluding carboxylic acids is 1. The molecule has 0 aliphatic carbocycles. The summed E-state index contributed by atoms with van der Waals surface area (Å²) in [6, 6.07) is 18.0. The van der Waals surface area contributed by atoms with Crippen molar-refractivity contribution < 1.29 is 9.18 Å². The molecule has 1 amide bonds. The monoisotopic (exact) mass is 355 g/mol. The molecule has 0 saturated carbocycles. The van der Waals surface area contributed by atoms with Gasteiger partial charge in [-0.25, -0.2) is 9.07 Å². The minimum absolute atomic E-state index is 0.189. The van der Waals surface area contributed by atoms with Gasteiger partial charge < -0.3 is 5.32 Å². The molecule has 1 heterocycles. The summed E-state index contributed by atoms with van der Waals surface area (Å²) < 4.78 is 15.2. The van der Waals surface area contributed by atoms with Crippen LogP contribution < -0.4 is 5.32 Å². The van der Waals surface area contributed by atoms with Crippen molar-refractivity contribution in [3.05, 3.63) is 83.9 Å². The van der Waals surface area contributed by atoms with Crippen molar-refractivity contribution in [1.82, 2.24) is 15.1 Å². The molecule has 0 unspecified atom stereocenters. The highest BCUT2D eigenvalue weighted by molar-refractivity contribution is 7.98. The fourth-order valence-electron chi connectivity index (χ4n) is 2.29. The summed E-state index contributed by atoms with van der Waals surface area (Å²) in [7, 11) is 0.